The summed E-state index contributed by atoms with van der Waals surface area (Å²) in [5, 5.41) is 8.82. The average molecular weight is 282 g/mol. The highest BCUT2D eigenvalue weighted by molar-refractivity contribution is 6.32. The smallest absolute Gasteiger partial charge is 0.338 e. The van der Waals surface area contributed by atoms with Crippen molar-refractivity contribution in [2.24, 2.45) is 0 Å². The van der Waals surface area contributed by atoms with Gasteiger partial charge >= 0.3 is 5.97 Å². The highest BCUT2D eigenvalue weighted by Gasteiger charge is 2.15. The lowest BCUT2D eigenvalue weighted by Gasteiger charge is -2.08. The maximum atomic E-state index is 14.1. The fraction of sp³-hybridized carbons (Fsp3) is 0.0769. The third kappa shape index (κ3) is 2.51. The number of aromatic carboxylic acids is 1. The van der Waals surface area contributed by atoms with E-state index < -0.39 is 11.8 Å². The molecule has 1 aromatic carbocycles. The minimum absolute atomic E-state index is 0.0734. The number of rotatable bonds is 3. The fourth-order valence-corrected chi connectivity index (χ4v) is 1.82. The summed E-state index contributed by atoms with van der Waals surface area (Å²) >= 11 is 5.67. The summed E-state index contributed by atoms with van der Waals surface area (Å²) in [5.74, 6) is -1.72. The first-order chi connectivity index (χ1) is 9.04. The SMILES string of the molecule is COc1cccc(-c2cnc(Cl)c(C(=O)O)c2)c1F. The Morgan fingerprint density at radius 1 is 1.47 bits per heavy atom. The number of hydrogen-bond acceptors (Lipinski definition) is 3. The zero-order chi connectivity index (χ0) is 14.0. The van der Waals surface area contributed by atoms with Gasteiger partial charge in [-0.25, -0.2) is 14.2 Å². The van der Waals surface area contributed by atoms with Gasteiger partial charge < -0.3 is 9.84 Å². The Morgan fingerprint density at radius 2 is 2.21 bits per heavy atom. The van der Waals surface area contributed by atoms with E-state index in [1.807, 2.05) is 0 Å². The van der Waals surface area contributed by atoms with Crippen molar-refractivity contribution < 1.29 is 19.0 Å². The van der Waals surface area contributed by atoms with Gasteiger partial charge in [0.25, 0.3) is 0 Å². The van der Waals surface area contributed by atoms with E-state index in [0.717, 1.165) is 0 Å². The second kappa shape index (κ2) is 5.24. The molecule has 2 aromatic rings. The van der Waals surface area contributed by atoms with Crippen LogP contribution in [0.5, 0.6) is 5.75 Å². The third-order valence-electron chi connectivity index (χ3n) is 2.56. The lowest BCUT2D eigenvalue weighted by Crippen LogP contribution is -2.00. The van der Waals surface area contributed by atoms with Gasteiger partial charge in [0.15, 0.2) is 11.6 Å². The van der Waals surface area contributed by atoms with Crippen molar-refractivity contribution in [1.29, 1.82) is 0 Å². The molecule has 0 bridgehead atoms. The number of carboxylic acids is 1. The van der Waals surface area contributed by atoms with Gasteiger partial charge in [-0.05, 0) is 12.1 Å². The molecule has 0 saturated heterocycles. The van der Waals surface area contributed by atoms with Crippen LogP contribution in [-0.2, 0) is 0 Å². The Hall–Kier alpha value is -2.14. The van der Waals surface area contributed by atoms with Crippen molar-refractivity contribution in [3.05, 3.63) is 47.0 Å². The summed E-state index contributed by atoms with van der Waals surface area (Å²) in [6.07, 6.45) is 1.31. The summed E-state index contributed by atoms with van der Waals surface area (Å²) in [4.78, 5) is 14.7. The van der Waals surface area contributed by atoms with E-state index >= 15 is 0 Å². The monoisotopic (exact) mass is 281 g/mol. The molecule has 4 nitrogen and oxygen atoms in total. The Labute approximate surface area is 113 Å². The first-order valence-electron chi connectivity index (χ1n) is 5.26. The van der Waals surface area contributed by atoms with Crippen LogP contribution in [-0.4, -0.2) is 23.2 Å². The van der Waals surface area contributed by atoms with E-state index in [0.29, 0.717) is 5.56 Å². The molecule has 1 aromatic heterocycles. The van der Waals surface area contributed by atoms with Gasteiger partial charge in [0, 0.05) is 17.3 Å². The molecule has 0 unspecified atom stereocenters. The van der Waals surface area contributed by atoms with Crippen LogP contribution in [0.1, 0.15) is 10.4 Å². The van der Waals surface area contributed by atoms with Crippen molar-refractivity contribution in [2.45, 2.75) is 0 Å². The van der Waals surface area contributed by atoms with Crippen LogP contribution in [0.2, 0.25) is 5.15 Å². The highest BCUT2D eigenvalue weighted by Crippen LogP contribution is 2.30. The predicted molar refractivity (Wildman–Crippen MR) is 68.2 cm³/mol. The molecule has 98 valence electrons. The molecule has 2 rings (SSSR count). The van der Waals surface area contributed by atoms with Crippen LogP contribution in [0, 0.1) is 5.82 Å². The molecular weight excluding hydrogens is 273 g/mol. The lowest BCUT2D eigenvalue weighted by atomic mass is 10.0. The van der Waals surface area contributed by atoms with Gasteiger partial charge in [-0.2, -0.15) is 0 Å². The second-order valence-electron chi connectivity index (χ2n) is 3.69. The number of pyridine rings is 1. The van der Waals surface area contributed by atoms with Crippen LogP contribution in [0.15, 0.2) is 30.5 Å². The summed E-state index contributed by atoms with van der Waals surface area (Å²) in [7, 11) is 1.35. The molecule has 0 amide bonds. The van der Waals surface area contributed by atoms with Gasteiger partial charge in [-0.15, -0.1) is 0 Å². The molecule has 0 aliphatic carbocycles. The quantitative estimate of drug-likeness (QED) is 0.878. The van der Waals surface area contributed by atoms with Crippen LogP contribution in [0.4, 0.5) is 4.39 Å². The normalized spacial score (nSPS) is 10.3. The molecule has 0 fully saturated rings. The van der Waals surface area contributed by atoms with E-state index in [2.05, 4.69) is 4.98 Å². The topological polar surface area (TPSA) is 59.4 Å². The number of carboxylic acid groups (broad SMARTS) is 1. The Balaban J connectivity index is 2.60. The first-order valence-corrected chi connectivity index (χ1v) is 5.64. The van der Waals surface area contributed by atoms with Crippen molar-refractivity contribution in [3.63, 3.8) is 0 Å². The van der Waals surface area contributed by atoms with Crippen LogP contribution < -0.4 is 4.74 Å². The minimum atomic E-state index is -1.22. The van der Waals surface area contributed by atoms with Crippen molar-refractivity contribution in [2.75, 3.05) is 7.11 Å². The molecule has 0 aliphatic heterocycles. The van der Waals surface area contributed by atoms with Gasteiger partial charge in [-0.1, -0.05) is 23.7 Å². The largest absolute Gasteiger partial charge is 0.494 e. The highest BCUT2D eigenvalue weighted by atomic mass is 35.5. The summed E-state index contributed by atoms with van der Waals surface area (Å²) in [6.45, 7) is 0. The average Bonchev–Trinajstić information content (AvgIpc) is 2.39. The van der Waals surface area contributed by atoms with E-state index in [1.165, 1.54) is 31.5 Å². The molecular formula is C13H9ClFNO3. The summed E-state index contributed by atoms with van der Waals surface area (Å²) in [6, 6.07) is 5.86. The second-order valence-corrected chi connectivity index (χ2v) is 4.05. The number of benzene rings is 1. The number of carbonyl (C=O) groups is 1. The minimum Gasteiger partial charge on any atom is -0.494 e. The van der Waals surface area contributed by atoms with E-state index in [9.17, 15) is 9.18 Å². The van der Waals surface area contributed by atoms with Crippen LogP contribution in [0.3, 0.4) is 0 Å². The molecule has 0 atom stereocenters. The predicted octanol–water partition coefficient (Wildman–Crippen LogP) is 3.25. The van der Waals surface area contributed by atoms with Gasteiger partial charge in [-0.3, -0.25) is 0 Å². The number of aromatic nitrogens is 1. The molecule has 0 aliphatic rings. The molecule has 0 spiro atoms. The standard InChI is InChI=1S/C13H9ClFNO3/c1-19-10-4-2-3-8(11(10)15)7-5-9(13(17)18)12(14)16-6-7/h2-6H,1H3,(H,17,18). The van der Waals surface area contributed by atoms with Gasteiger partial charge in [0.05, 0.1) is 12.7 Å². The van der Waals surface area contributed by atoms with E-state index in [4.69, 9.17) is 21.4 Å². The molecule has 19 heavy (non-hydrogen) atoms. The fourth-order valence-electron chi connectivity index (χ4n) is 1.64. The summed E-state index contributed by atoms with van der Waals surface area (Å²) < 4.78 is 18.9. The number of halogens is 2. The molecule has 1 N–H and O–H groups in total. The van der Waals surface area contributed by atoms with Crippen molar-refractivity contribution in [3.8, 4) is 16.9 Å². The van der Waals surface area contributed by atoms with E-state index in [1.54, 1.807) is 6.07 Å². The van der Waals surface area contributed by atoms with Crippen LogP contribution in [0.25, 0.3) is 11.1 Å². The third-order valence-corrected chi connectivity index (χ3v) is 2.86. The Morgan fingerprint density at radius 3 is 2.84 bits per heavy atom. The number of hydrogen-bond donors (Lipinski definition) is 1. The van der Waals surface area contributed by atoms with E-state index in [-0.39, 0.29) is 22.0 Å². The Bertz CT molecular complexity index is 646. The zero-order valence-corrected chi connectivity index (χ0v) is 10.6. The van der Waals surface area contributed by atoms with Gasteiger partial charge in [0.1, 0.15) is 5.15 Å². The first kappa shape index (κ1) is 13.3. The van der Waals surface area contributed by atoms with Crippen LogP contribution >= 0.6 is 11.6 Å². The molecule has 6 heteroatoms. The summed E-state index contributed by atoms with van der Waals surface area (Å²) in [5.41, 5.74) is 0.339. The maximum Gasteiger partial charge on any atom is 0.338 e. The molecule has 0 saturated carbocycles. The number of ether oxygens (including phenoxy) is 1. The lowest BCUT2D eigenvalue weighted by molar-refractivity contribution is 0.0696. The zero-order valence-electron chi connectivity index (χ0n) is 9.85. The molecule has 0 radical (unpaired) electrons. The molecule has 1 heterocycles. The number of methoxy groups -OCH3 is 1. The Kier molecular flexibility index (Phi) is 3.66. The van der Waals surface area contributed by atoms with Crippen molar-refractivity contribution >= 4 is 17.6 Å². The number of nitrogens with zero attached hydrogens (tertiary/aromatic N) is 1. The van der Waals surface area contributed by atoms with Gasteiger partial charge in [0.2, 0.25) is 0 Å². The maximum absolute atomic E-state index is 14.1. The van der Waals surface area contributed by atoms with Crippen molar-refractivity contribution in [1.82, 2.24) is 4.98 Å².